The van der Waals surface area contributed by atoms with Crippen LogP contribution in [0.1, 0.15) is 2.85 Å². The summed E-state index contributed by atoms with van der Waals surface area (Å²) in [5.41, 5.74) is 0. The van der Waals surface area contributed by atoms with Gasteiger partial charge in [-0.3, -0.25) is 0 Å². The first kappa shape index (κ1) is 16.8. The third-order valence-electron chi connectivity index (χ3n) is 0.468. The molecule has 0 aromatic carbocycles. The molecule has 0 amide bonds. The summed E-state index contributed by atoms with van der Waals surface area (Å²) in [6.07, 6.45) is -2.30. The van der Waals surface area contributed by atoms with E-state index in [-0.39, 0.29) is 51.3 Å². The van der Waals surface area contributed by atoms with Crippen molar-refractivity contribution in [1.82, 2.24) is 0 Å². The van der Waals surface area contributed by atoms with E-state index in [1.165, 1.54) is 0 Å². The molecule has 0 aromatic heterocycles. The zero-order valence-corrected chi connectivity index (χ0v) is 7.74. The maximum atomic E-state index is 9.51. The monoisotopic (exact) mass is 152 g/mol. The largest absolute Gasteiger partial charge is 1.00 e. The Kier molecular flexibility index (Phi) is 12.8. The molecular formula is C3H6LiNaO5. The zero-order valence-electron chi connectivity index (χ0n) is 7.74. The van der Waals surface area contributed by atoms with Crippen LogP contribution in [-0.4, -0.2) is 33.4 Å². The van der Waals surface area contributed by atoms with Gasteiger partial charge in [-0.25, -0.2) is 9.59 Å². The Morgan fingerprint density at radius 2 is 1.40 bits per heavy atom. The second-order valence-corrected chi connectivity index (χ2v) is 1.08. The summed E-state index contributed by atoms with van der Waals surface area (Å²) >= 11 is 0. The van der Waals surface area contributed by atoms with Crippen LogP contribution in [-0.2, 0) is 9.59 Å². The Bertz CT molecular complexity index is 120. The van der Waals surface area contributed by atoms with Crippen molar-refractivity contribution in [1.29, 1.82) is 0 Å². The fourth-order valence-corrected chi connectivity index (χ4v) is 0.106. The summed E-state index contributed by atoms with van der Waals surface area (Å²) in [6, 6.07) is 0. The van der Waals surface area contributed by atoms with Crippen molar-refractivity contribution in [3.63, 3.8) is 0 Å². The molecule has 7 heteroatoms. The third-order valence-corrected chi connectivity index (χ3v) is 0.468. The number of carbonyl (C=O) groups is 2. The van der Waals surface area contributed by atoms with Gasteiger partial charge in [0.25, 0.3) is 0 Å². The molecule has 5 nitrogen and oxygen atoms in total. The number of rotatable bonds is 2. The van der Waals surface area contributed by atoms with Crippen molar-refractivity contribution in [3.05, 3.63) is 0 Å². The second kappa shape index (κ2) is 7.60. The van der Waals surface area contributed by atoms with Crippen molar-refractivity contribution in [3.8, 4) is 0 Å². The fraction of sp³-hybridized carbons (Fsp3) is 0.333. The molecule has 0 spiro atoms. The van der Waals surface area contributed by atoms with Crippen molar-refractivity contribution < 1.29 is 76.2 Å². The number of aliphatic carboxylic acids is 2. The molecule has 0 saturated heterocycles. The molecule has 0 bridgehead atoms. The zero-order chi connectivity index (χ0) is 6.73. The Labute approximate surface area is 93.9 Å². The van der Waals surface area contributed by atoms with E-state index in [4.69, 9.17) is 15.3 Å². The van der Waals surface area contributed by atoms with E-state index in [0.717, 1.165) is 0 Å². The molecular weight excluding hydrogens is 146 g/mol. The molecule has 0 aliphatic heterocycles. The van der Waals surface area contributed by atoms with Gasteiger partial charge in [0.05, 0.1) is 0 Å². The molecule has 0 rings (SSSR count). The Balaban J connectivity index is -0.0000000408. The van der Waals surface area contributed by atoms with E-state index >= 15 is 0 Å². The molecule has 0 aliphatic rings. The Morgan fingerprint density at radius 3 is 1.40 bits per heavy atom. The topological polar surface area (TPSA) is 94.8 Å². The Morgan fingerprint density at radius 1 is 1.20 bits per heavy atom. The van der Waals surface area contributed by atoms with Crippen LogP contribution in [0.25, 0.3) is 0 Å². The number of carboxylic acid groups (broad SMARTS) is 2. The van der Waals surface area contributed by atoms with E-state index in [0.29, 0.717) is 0 Å². The van der Waals surface area contributed by atoms with Crippen LogP contribution in [0.5, 0.6) is 0 Å². The van der Waals surface area contributed by atoms with Crippen LogP contribution in [0.2, 0.25) is 0 Å². The summed E-state index contributed by atoms with van der Waals surface area (Å²) in [4.78, 5) is 19.0. The van der Waals surface area contributed by atoms with Gasteiger partial charge in [0, 0.05) is 0 Å². The van der Waals surface area contributed by atoms with Gasteiger partial charge >= 0.3 is 60.4 Å². The third kappa shape index (κ3) is 6.62. The van der Waals surface area contributed by atoms with Crippen molar-refractivity contribution >= 4 is 11.9 Å². The number of aliphatic hydroxyl groups excluding tert-OH is 1. The molecule has 0 aliphatic carbocycles. The van der Waals surface area contributed by atoms with Gasteiger partial charge in [-0.15, -0.1) is 0 Å². The first-order valence-electron chi connectivity index (χ1n) is 1.69. The number of hydrogen-bond donors (Lipinski definition) is 3. The summed E-state index contributed by atoms with van der Waals surface area (Å²) in [7, 11) is 0. The molecule has 50 valence electrons. The predicted octanol–water partition coefficient (Wildman–Crippen LogP) is -7.25. The van der Waals surface area contributed by atoms with Gasteiger partial charge in [0.1, 0.15) is 0 Å². The van der Waals surface area contributed by atoms with Gasteiger partial charge in [0.2, 0.25) is 6.10 Å². The maximum absolute atomic E-state index is 9.51. The van der Waals surface area contributed by atoms with Gasteiger partial charge in [-0.05, 0) is 0 Å². The molecule has 0 heterocycles. The SMILES string of the molecule is O=C(O)C(O)C(=O)O.[H-].[H-].[Li+].[Na+]. The average molecular weight is 152 g/mol. The minimum absolute atomic E-state index is 0. The minimum atomic E-state index is -2.30. The van der Waals surface area contributed by atoms with Crippen LogP contribution in [0.4, 0.5) is 0 Å². The van der Waals surface area contributed by atoms with E-state index in [9.17, 15) is 9.59 Å². The summed E-state index contributed by atoms with van der Waals surface area (Å²) in [6.45, 7) is 0. The van der Waals surface area contributed by atoms with Crippen LogP contribution in [0.3, 0.4) is 0 Å². The van der Waals surface area contributed by atoms with Crippen molar-refractivity contribution in [2.24, 2.45) is 0 Å². The van der Waals surface area contributed by atoms with Crippen LogP contribution in [0, 0.1) is 0 Å². The van der Waals surface area contributed by atoms with Crippen molar-refractivity contribution in [2.45, 2.75) is 6.10 Å². The molecule has 0 atom stereocenters. The molecule has 3 N–H and O–H groups in total. The first-order valence-corrected chi connectivity index (χ1v) is 1.69. The quantitative estimate of drug-likeness (QED) is 0.270. The summed E-state index contributed by atoms with van der Waals surface area (Å²) in [5, 5.41) is 23.4. The average Bonchev–Trinajstić information content (AvgIpc) is 1.64. The minimum Gasteiger partial charge on any atom is -1.00 e. The standard InChI is InChI=1S/C3H4O5.Li.Na.2H/c4-1(2(5)6)3(7)8;;;;/h1,4H,(H,5,6)(H,7,8);;;;/q;2*+1;2*-1. The van der Waals surface area contributed by atoms with Gasteiger partial charge in [-0.2, -0.15) is 0 Å². The van der Waals surface area contributed by atoms with Crippen LogP contribution in [0.15, 0.2) is 0 Å². The first-order chi connectivity index (χ1) is 3.55. The summed E-state index contributed by atoms with van der Waals surface area (Å²) in [5.74, 6) is -3.50. The van der Waals surface area contributed by atoms with Crippen LogP contribution < -0.4 is 48.4 Å². The van der Waals surface area contributed by atoms with Gasteiger partial charge in [-0.1, -0.05) is 0 Å². The van der Waals surface area contributed by atoms with Gasteiger partial charge in [0.15, 0.2) is 0 Å². The molecule has 0 unspecified atom stereocenters. The van der Waals surface area contributed by atoms with Crippen molar-refractivity contribution in [2.75, 3.05) is 0 Å². The maximum Gasteiger partial charge on any atom is 1.00 e. The molecule has 0 saturated carbocycles. The molecule has 0 radical (unpaired) electrons. The number of hydrogen-bond acceptors (Lipinski definition) is 3. The summed E-state index contributed by atoms with van der Waals surface area (Å²) < 4.78 is 0. The molecule has 0 aromatic rings. The van der Waals surface area contributed by atoms with Crippen LogP contribution >= 0.6 is 0 Å². The second-order valence-electron chi connectivity index (χ2n) is 1.08. The smallest absolute Gasteiger partial charge is 1.00 e. The normalized spacial score (nSPS) is 7.40. The number of carboxylic acids is 2. The molecule has 10 heavy (non-hydrogen) atoms. The molecule has 0 fully saturated rings. The van der Waals surface area contributed by atoms with E-state index in [1.807, 2.05) is 0 Å². The Hall–Kier alpha value is 0.497. The van der Waals surface area contributed by atoms with Gasteiger partial charge < -0.3 is 18.2 Å². The van der Waals surface area contributed by atoms with E-state index < -0.39 is 18.0 Å². The van der Waals surface area contributed by atoms with E-state index in [1.54, 1.807) is 0 Å². The van der Waals surface area contributed by atoms with E-state index in [2.05, 4.69) is 0 Å². The fourth-order valence-electron chi connectivity index (χ4n) is 0.106. The predicted molar refractivity (Wildman–Crippen MR) is 23.5 cm³/mol. The number of aliphatic hydroxyl groups is 1.